The normalized spacial score (nSPS) is 34.3. The third-order valence-corrected chi connectivity index (χ3v) is 9.22. The maximum Gasteiger partial charge on any atom is 0.240 e. The molecule has 8 heteroatoms. The summed E-state index contributed by atoms with van der Waals surface area (Å²) >= 11 is 0. The van der Waals surface area contributed by atoms with Gasteiger partial charge in [0, 0.05) is 30.7 Å². The first-order valence-corrected chi connectivity index (χ1v) is 13.5. The zero-order chi connectivity index (χ0) is 26.2. The van der Waals surface area contributed by atoms with Crippen molar-refractivity contribution in [2.45, 2.75) is 71.4 Å². The predicted octanol–water partition coefficient (Wildman–Crippen LogP) is 2.32. The summed E-state index contributed by atoms with van der Waals surface area (Å²) in [7, 11) is 4.09. The van der Waals surface area contributed by atoms with Crippen molar-refractivity contribution >= 4 is 11.6 Å². The van der Waals surface area contributed by atoms with Gasteiger partial charge in [-0.15, -0.1) is 0 Å². The number of aliphatic hydroxyl groups is 2. The van der Waals surface area contributed by atoms with Gasteiger partial charge in [0.05, 0.1) is 19.3 Å². The number of rotatable bonds is 10. The first kappa shape index (κ1) is 27.3. The van der Waals surface area contributed by atoms with Crippen molar-refractivity contribution in [2.75, 3.05) is 39.1 Å². The number of hydrogen-bond acceptors (Lipinski definition) is 7. The lowest BCUT2D eigenvalue weighted by Gasteiger charge is -2.62. The van der Waals surface area contributed by atoms with E-state index in [0.29, 0.717) is 29.7 Å². The molecule has 8 nitrogen and oxygen atoms in total. The van der Waals surface area contributed by atoms with Crippen LogP contribution in [-0.2, 0) is 16.2 Å². The van der Waals surface area contributed by atoms with Gasteiger partial charge in [0.25, 0.3) is 0 Å². The van der Waals surface area contributed by atoms with E-state index >= 15 is 0 Å². The largest absolute Gasteiger partial charge is 0.394 e. The first-order valence-electron chi connectivity index (χ1n) is 13.5. The lowest BCUT2D eigenvalue weighted by Crippen LogP contribution is -2.62. The number of amides is 1. The van der Waals surface area contributed by atoms with Gasteiger partial charge in [-0.05, 0) is 74.7 Å². The minimum atomic E-state index is -0.793. The van der Waals surface area contributed by atoms with Gasteiger partial charge in [-0.3, -0.25) is 9.63 Å². The van der Waals surface area contributed by atoms with Gasteiger partial charge >= 0.3 is 0 Å². The fraction of sp³-hybridized carbons (Fsp3) is 0.750. The van der Waals surface area contributed by atoms with Crippen LogP contribution in [0.1, 0.15) is 46.1 Å². The minimum absolute atomic E-state index is 0.118. The monoisotopic (exact) mass is 502 g/mol. The van der Waals surface area contributed by atoms with Crippen LogP contribution in [0, 0.1) is 29.1 Å². The number of anilines is 1. The third-order valence-electron chi connectivity index (χ3n) is 9.22. The van der Waals surface area contributed by atoms with Crippen LogP contribution in [0.15, 0.2) is 24.3 Å². The number of hydroxylamine groups is 2. The van der Waals surface area contributed by atoms with E-state index in [1.807, 2.05) is 32.3 Å². The summed E-state index contributed by atoms with van der Waals surface area (Å²) in [5, 5.41) is 29.1. The summed E-state index contributed by atoms with van der Waals surface area (Å²) in [6.45, 7) is 10.5. The summed E-state index contributed by atoms with van der Waals surface area (Å²) < 4.78 is 0. The number of nitrogens with zero attached hydrogens (tertiary/aromatic N) is 2. The highest BCUT2D eigenvalue weighted by Crippen LogP contribution is 2.61. The Morgan fingerprint density at radius 1 is 1.31 bits per heavy atom. The number of carbonyl (C=O) groups is 1. The molecule has 0 radical (unpaired) electrons. The number of carbonyl (C=O) groups excluding carboxylic acids is 1. The van der Waals surface area contributed by atoms with Crippen molar-refractivity contribution in [1.82, 2.24) is 15.3 Å². The maximum absolute atomic E-state index is 13.7. The third kappa shape index (κ3) is 5.43. The highest BCUT2D eigenvalue weighted by atomic mass is 16.7. The summed E-state index contributed by atoms with van der Waals surface area (Å²) in [5.41, 5.74) is 2.36. The van der Waals surface area contributed by atoms with Crippen molar-refractivity contribution in [1.29, 1.82) is 0 Å². The Morgan fingerprint density at radius 3 is 2.67 bits per heavy atom. The summed E-state index contributed by atoms with van der Waals surface area (Å²) in [6, 6.07) is 7.55. The molecule has 2 bridgehead atoms. The predicted molar refractivity (Wildman–Crippen MR) is 141 cm³/mol. The number of benzene rings is 1. The fourth-order valence-corrected chi connectivity index (χ4v) is 6.87. The molecule has 0 spiro atoms. The molecular weight excluding hydrogens is 456 g/mol. The van der Waals surface area contributed by atoms with Gasteiger partial charge in [-0.2, -0.15) is 5.06 Å². The molecule has 1 aromatic rings. The van der Waals surface area contributed by atoms with E-state index in [0.717, 1.165) is 30.8 Å². The van der Waals surface area contributed by atoms with Crippen LogP contribution in [0.2, 0.25) is 0 Å². The summed E-state index contributed by atoms with van der Waals surface area (Å²) in [6.07, 6.45) is 0.824. The minimum Gasteiger partial charge on any atom is -0.394 e. The van der Waals surface area contributed by atoms with Gasteiger partial charge in [0.15, 0.2) is 0 Å². The lowest BCUT2D eigenvalue weighted by molar-refractivity contribution is -0.183. The molecule has 4 N–H and O–H groups in total. The standard InChI is InChI=1S/C28H46N4O4/c1-17-22-13-20(28(22,3)4)14-23(17)30-27(35)26-25(18(2)34)24(16-33)36-32(26)15-19-8-7-9-21(12-19)29-10-11-31(5)6/h7-9,12,17-18,20,22-26,29,33-34H,10-11,13-16H2,1-6H3,(H,30,35)/t17?,18-,20+,22?,23?,24-,25+,26-/m0/s1. The van der Waals surface area contributed by atoms with Gasteiger partial charge in [-0.1, -0.05) is 32.9 Å². The molecule has 1 heterocycles. The number of fused-ring (bicyclic) bond motifs is 2. The molecule has 202 valence electrons. The highest BCUT2D eigenvalue weighted by Gasteiger charge is 2.57. The van der Waals surface area contributed by atoms with Crippen molar-refractivity contribution in [3.63, 3.8) is 0 Å². The van der Waals surface area contributed by atoms with Crippen molar-refractivity contribution in [2.24, 2.45) is 29.1 Å². The quantitative estimate of drug-likeness (QED) is 0.390. The Balaban J connectivity index is 1.48. The number of nitrogens with one attached hydrogen (secondary N) is 2. The Bertz CT molecular complexity index is 907. The van der Waals surface area contributed by atoms with Crippen molar-refractivity contribution in [3.05, 3.63) is 29.8 Å². The Labute approximate surface area is 216 Å². The van der Waals surface area contributed by atoms with E-state index < -0.39 is 24.2 Å². The number of likely N-dealkylation sites (N-methyl/N-ethyl adjacent to an activating group) is 1. The SMILES string of the molecule is CC1C(NC(=O)[C@@H]2[C@H]([C@H](C)O)[C@H](CO)ON2Cc2cccc(NCCN(C)C)c2)C[C@H]2CC1C2(C)C. The van der Waals surface area contributed by atoms with E-state index in [4.69, 9.17) is 4.84 Å². The van der Waals surface area contributed by atoms with Gasteiger partial charge in [0.1, 0.15) is 12.1 Å². The maximum atomic E-state index is 13.7. The highest BCUT2D eigenvalue weighted by molar-refractivity contribution is 5.82. The second kappa shape index (κ2) is 11.0. The Morgan fingerprint density at radius 2 is 2.06 bits per heavy atom. The van der Waals surface area contributed by atoms with Gasteiger partial charge < -0.3 is 25.7 Å². The molecule has 5 rings (SSSR count). The van der Waals surface area contributed by atoms with Crippen LogP contribution in [0.25, 0.3) is 0 Å². The topological polar surface area (TPSA) is 97.3 Å². The Kier molecular flexibility index (Phi) is 8.32. The molecule has 1 aromatic carbocycles. The van der Waals surface area contributed by atoms with Crippen molar-refractivity contribution < 1.29 is 19.8 Å². The van der Waals surface area contributed by atoms with Crippen LogP contribution in [0.4, 0.5) is 5.69 Å². The fourth-order valence-electron chi connectivity index (χ4n) is 6.87. The number of hydrogen-bond donors (Lipinski definition) is 4. The van der Waals surface area contributed by atoms with Crippen LogP contribution < -0.4 is 10.6 Å². The second-order valence-corrected chi connectivity index (χ2v) is 12.2. The van der Waals surface area contributed by atoms with E-state index in [2.05, 4.69) is 42.4 Å². The van der Waals surface area contributed by atoms with Gasteiger partial charge in [-0.25, -0.2) is 0 Å². The van der Waals surface area contributed by atoms with E-state index in [9.17, 15) is 15.0 Å². The van der Waals surface area contributed by atoms with Crippen LogP contribution in [0.3, 0.4) is 0 Å². The van der Waals surface area contributed by atoms with Crippen LogP contribution >= 0.6 is 0 Å². The molecule has 4 aliphatic rings. The smallest absolute Gasteiger partial charge is 0.240 e. The van der Waals surface area contributed by atoms with E-state index in [-0.39, 0.29) is 18.6 Å². The zero-order valence-corrected chi connectivity index (χ0v) is 22.8. The summed E-state index contributed by atoms with van der Waals surface area (Å²) in [4.78, 5) is 22.0. The lowest BCUT2D eigenvalue weighted by atomic mass is 9.45. The number of aliphatic hydroxyl groups excluding tert-OH is 2. The molecule has 8 atom stereocenters. The average molecular weight is 503 g/mol. The van der Waals surface area contributed by atoms with Crippen molar-refractivity contribution in [3.8, 4) is 0 Å². The molecule has 3 aliphatic carbocycles. The molecular formula is C28H46N4O4. The first-order chi connectivity index (χ1) is 17.0. The van der Waals surface area contributed by atoms with E-state index in [1.54, 1.807) is 12.0 Å². The van der Waals surface area contributed by atoms with Crippen LogP contribution in [0.5, 0.6) is 0 Å². The molecule has 1 aliphatic heterocycles. The van der Waals surface area contributed by atoms with E-state index in [1.165, 1.54) is 6.42 Å². The summed E-state index contributed by atoms with van der Waals surface area (Å²) in [5.74, 6) is 1.04. The average Bonchev–Trinajstić information content (AvgIpc) is 3.18. The Hall–Kier alpha value is -1.71. The second-order valence-electron chi connectivity index (χ2n) is 12.2. The molecule has 36 heavy (non-hydrogen) atoms. The molecule has 1 amide bonds. The zero-order valence-electron chi connectivity index (χ0n) is 22.8. The molecule has 4 fully saturated rings. The molecule has 3 unspecified atom stereocenters. The van der Waals surface area contributed by atoms with Gasteiger partial charge in [0.2, 0.25) is 5.91 Å². The van der Waals surface area contributed by atoms with Crippen LogP contribution in [-0.4, -0.2) is 84.2 Å². The molecule has 3 saturated carbocycles. The molecule has 0 aromatic heterocycles. The molecule has 1 saturated heterocycles.